The van der Waals surface area contributed by atoms with Crippen molar-refractivity contribution in [2.24, 2.45) is 0 Å². The molecule has 3 amide bonds. The van der Waals surface area contributed by atoms with Gasteiger partial charge in [0.15, 0.2) is 0 Å². The molecule has 12 nitrogen and oxygen atoms in total. The van der Waals surface area contributed by atoms with Crippen molar-refractivity contribution in [3.63, 3.8) is 0 Å². The monoisotopic (exact) mass is 541 g/mol. The summed E-state index contributed by atoms with van der Waals surface area (Å²) in [7, 11) is 0. The summed E-state index contributed by atoms with van der Waals surface area (Å²) in [5.74, 6) is -0.0856. The summed E-state index contributed by atoms with van der Waals surface area (Å²) in [4.78, 5) is 52.2. The Morgan fingerprint density at radius 3 is 2.46 bits per heavy atom. The van der Waals surface area contributed by atoms with Crippen LogP contribution in [0.2, 0.25) is 0 Å². The van der Waals surface area contributed by atoms with Crippen molar-refractivity contribution >= 4 is 29.5 Å². The minimum atomic E-state index is -0.590. The number of aromatic nitrogens is 2. The van der Waals surface area contributed by atoms with Crippen molar-refractivity contribution in [2.75, 3.05) is 81.9 Å². The summed E-state index contributed by atoms with van der Waals surface area (Å²) in [6.45, 7) is 7.51. The van der Waals surface area contributed by atoms with Gasteiger partial charge in [-0.2, -0.15) is 0 Å². The van der Waals surface area contributed by atoms with Crippen LogP contribution in [-0.4, -0.2) is 116 Å². The van der Waals surface area contributed by atoms with E-state index in [4.69, 9.17) is 9.47 Å². The summed E-state index contributed by atoms with van der Waals surface area (Å²) in [5, 5.41) is 2.62. The Morgan fingerprint density at radius 1 is 1.08 bits per heavy atom. The highest BCUT2D eigenvalue weighted by molar-refractivity contribution is 5.90. The average molecular weight is 542 g/mol. The van der Waals surface area contributed by atoms with Gasteiger partial charge in [0, 0.05) is 69.7 Å². The van der Waals surface area contributed by atoms with E-state index in [0.717, 1.165) is 13.1 Å². The number of carbonyl (C=O) groups excluding carboxylic acids is 3. The normalized spacial score (nSPS) is 20.2. The Hall–Kier alpha value is -3.84. The molecule has 3 aliphatic heterocycles. The lowest BCUT2D eigenvalue weighted by atomic mass is 10.1. The molecule has 1 aromatic carbocycles. The van der Waals surface area contributed by atoms with Crippen molar-refractivity contribution in [1.29, 1.82) is 0 Å². The SMILES string of the molecule is CC(=O)NC[C@H]1CN(c2ccc(-c3cnc(N4CCN(C(=O)CN5CCOCC5)CC4)nc3)c(F)c2)C(=O)O1. The highest BCUT2D eigenvalue weighted by atomic mass is 19.1. The minimum Gasteiger partial charge on any atom is -0.442 e. The zero-order valence-corrected chi connectivity index (χ0v) is 21.8. The molecular weight excluding hydrogens is 509 g/mol. The molecule has 1 N–H and O–H groups in total. The van der Waals surface area contributed by atoms with Crippen LogP contribution in [0, 0.1) is 5.82 Å². The highest BCUT2D eigenvalue weighted by Crippen LogP contribution is 2.29. The number of benzene rings is 1. The number of piperazine rings is 1. The number of anilines is 2. The molecular formula is C26H32FN7O5. The Kier molecular flexibility index (Phi) is 8.17. The number of ether oxygens (including phenoxy) is 2. The van der Waals surface area contributed by atoms with Crippen LogP contribution < -0.4 is 15.1 Å². The molecule has 0 saturated carbocycles. The lowest BCUT2D eigenvalue weighted by molar-refractivity contribution is -0.133. The maximum Gasteiger partial charge on any atom is 0.414 e. The Morgan fingerprint density at radius 2 is 1.79 bits per heavy atom. The van der Waals surface area contributed by atoms with Gasteiger partial charge in [0.05, 0.1) is 38.5 Å². The lowest BCUT2D eigenvalue weighted by Crippen LogP contribution is -2.52. The number of nitrogens with zero attached hydrogens (tertiary/aromatic N) is 6. The summed E-state index contributed by atoms with van der Waals surface area (Å²) >= 11 is 0. The third-order valence-corrected chi connectivity index (χ3v) is 7.04. The van der Waals surface area contributed by atoms with E-state index in [9.17, 15) is 14.4 Å². The number of hydrogen-bond donors (Lipinski definition) is 1. The number of nitrogens with one attached hydrogen (secondary N) is 1. The Balaban J connectivity index is 1.16. The van der Waals surface area contributed by atoms with Gasteiger partial charge in [0.1, 0.15) is 11.9 Å². The van der Waals surface area contributed by atoms with Crippen molar-refractivity contribution < 1.29 is 28.2 Å². The van der Waals surface area contributed by atoms with E-state index in [1.807, 2.05) is 9.80 Å². The Labute approximate surface area is 225 Å². The number of cyclic esters (lactones) is 1. The number of carbonyl (C=O) groups is 3. The van der Waals surface area contributed by atoms with Crippen LogP contribution in [0.1, 0.15) is 6.92 Å². The van der Waals surface area contributed by atoms with Gasteiger partial charge in [0.25, 0.3) is 0 Å². The molecule has 13 heteroatoms. The number of morpholine rings is 1. The molecule has 0 aliphatic carbocycles. The van der Waals surface area contributed by atoms with E-state index >= 15 is 4.39 Å². The quantitative estimate of drug-likeness (QED) is 0.541. The van der Waals surface area contributed by atoms with Gasteiger partial charge in [-0.3, -0.25) is 19.4 Å². The molecule has 5 rings (SSSR count). The second kappa shape index (κ2) is 11.9. The first-order valence-corrected chi connectivity index (χ1v) is 13.0. The number of halogens is 1. The van der Waals surface area contributed by atoms with E-state index in [1.165, 1.54) is 17.9 Å². The van der Waals surface area contributed by atoms with Crippen molar-refractivity contribution in [2.45, 2.75) is 13.0 Å². The Bertz CT molecular complexity index is 1200. The molecule has 39 heavy (non-hydrogen) atoms. The molecule has 0 unspecified atom stereocenters. The molecule has 3 aliphatic rings. The molecule has 3 fully saturated rings. The summed E-state index contributed by atoms with van der Waals surface area (Å²) in [6.07, 6.45) is 2.05. The van der Waals surface area contributed by atoms with Crippen LogP contribution in [0.25, 0.3) is 11.1 Å². The molecule has 0 spiro atoms. The first-order chi connectivity index (χ1) is 18.9. The van der Waals surface area contributed by atoms with Crippen molar-refractivity contribution in [3.05, 3.63) is 36.4 Å². The zero-order chi connectivity index (χ0) is 27.4. The average Bonchev–Trinajstić information content (AvgIpc) is 3.33. The maximum absolute atomic E-state index is 15.1. The van der Waals surface area contributed by atoms with Gasteiger partial charge in [-0.05, 0) is 18.2 Å². The van der Waals surface area contributed by atoms with E-state index in [-0.39, 0.29) is 24.9 Å². The minimum absolute atomic E-state index is 0.122. The van der Waals surface area contributed by atoms with Crippen LogP contribution in [-0.2, 0) is 19.1 Å². The predicted molar refractivity (Wildman–Crippen MR) is 140 cm³/mol. The van der Waals surface area contributed by atoms with Crippen LogP contribution in [0.15, 0.2) is 30.6 Å². The van der Waals surface area contributed by atoms with E-state index < -0.39 is 18.0 Å². The van der Waals surface area contributed by atoms with Crippen molar-refractivity contribution in [3.8, 4) is 11.1 Å². The molecule has 1 aromatic heterocycles. The summed E-state index contributed by atoms with van der Waals surface area (Å²) in [6, 6.07) is 4.50. The second-order valence-electron chi connectivity index (χ2n) is 9.75. The van der Waals surface area contributed by atoms with Crippen LogP contribution in [0.5, 0.6) is 0 Å². The predicted octanol–water partition coefficient (Wildman–Crippen LogP) is 0.725. The molecule has 4 heterocycles. The van der Waals surface area contributed by atoms with E-state index in [1.54, 1.807) is 24.5 Å². The van der Waals surface area contributed by atoms with Gasteiger partial charge in [-0.15, -0.1) is 0 Å². The molecule has 0 radical (unpaired) electrons. The fourth-order valence-corrected chi connectivity index (χ4v) is 4.83. The van der Waals surface area contributed by atoms with Gasteiger partial charge in [-0.25, -0.2) is 19.2 Å². The largest absolute Gasteiger partial charge is 0.442 e. The van der Waals surface area contributed by atoms with E-state index in [2.05, 4.69) is 20.2 Å². The maximum atomic E-state index is 15.1. The molecule has 0 bridgehead atoms. The zero-order valence-electron chi connectivity index (χ0n) is 21.8. The topological polar surface area (TPSA) is 120 Å². The third-order valence-electron chi connectivity index (χ3n) is 7.04. The molecule has 1 atom stereocenters. The lowest BCUT2D eigenvalue weighted by Gasteiger charge is -2.36. The molecule has 3 saturated heterocycles. The first kappa shape index (κ1) is 26.8. The van der Waals surface area contributed by atoms with Crippen molar-refractivity contribution in [1.82, 2.24) is 25.1 Å². The van der Waals surface area contributed by atoms with Gasteiger partial charge < -0.3 is 24.6 Å². The number of hydrogen-bond acceptors (Lipinski definition) is 9. The number of rotatable bonds is 7. The van der Waals surface area contributed by atoms with Crippen LogP contribution in [0.3, 0.4) is 0 Å². The summed E-state index contributed by atoms with van der Waals surface area (Å²) in [5.41, 5.74) is 1.19. The third kappa shape index (κ3) is 6.42. The first-order valence-electron chi connectivity index (χ1n) is 13.0. The van der Waals surface area contributed by atoms with E-state index in [0.29, 0.717) is 68.7 Å². The van der Waals surface area contributed by atoms with Crippen LogP contribution >= 0.6 is 0 Å². The summed E-state index contributed by atoms with van der Waals surface area (Å²) < 4.78 is 25.7. The van der Waals surface area contributed by atoms with Crippen LogP contribution in [0.4, 0.5) is 20.8 Å². The van der Waals surface area contributed by atoms with Gasteiger partial charge >= 0.3 is 6.09 Å². The fraction of sp³-hybridized carbons (Fsp3) is 0.500. The standard InChI is InChI=1S/C26H32FN7O5/c1-18(35)28-15-21-16-34(26(37)39-21)20-2-3-22(23(27)12-20)19-13-29-25(30-14-19)33-6-4-32(5-7-33)24(36)17-31-8-10-38-11-9-31/h2-3,12-14,21H,4-11,15-17H2,1H3,(H,28,35)/t21-/m0/s1. The molecule has 208 valence electrons. The highest BCUT2D eigenvalue weighted by Gasteiger charge is 2.33. The van der Waals surface area contributed by atoms with Gasteiger partial charge in [0.2, 0.25) is 17.8 Å². The smallest absolute Gasteiger partial charge is 0.414 e. The van der Waals surface area contributed by atoms with Gasteiger partial charge in [-0.1, -0.05) is 0 Å². The second-order valence-corrected chi connectivity index (χ2v) is 9.75. The fourth-order valence-electron chi connectivity index (χ4n) is 4.83. The number of amides is 3. The molecule has 2 aromatic rings.